The first-order valence-corrected chi connectivity index (χ1v) is 8.96. The summed E-state index contributed by atoms with van der Waals surface area (Å²) in [5.74, 6) is -0.556. The van der Waals surface area contributed by atoms with Gasteiger partial charge in [-0.15, -0.1) is 0 Å². The van der Waals surface area contributed by atoms with E-state index in [0.717, 1.165) is 10.0 Å². The van der Waals surface area contributed by atoms with E-state index in [0.29, 0.717) is 22.1 Å². The van der Waals surface area contributed by atoms with Gasteiger partial charge in [-0.1, -0.05) is 27.5 Å². The minimum Gasteiger partial charge on any atom is -0.320 e. The Morgan fingerprint density at radius 3 is 2.46 bits per heavy atom. The van der Waals surface area contributed by atoms with Gasteiger partial charge in [0.2, 0.25) is 5.43 Å². The van der Waals surface area contributed by atoms with Crippen molar-refractivity contribution in [3.05, 3.63) is 85.2 Å². The smallest absolute Gasteiger partial charge is 0.280 e. The molecular weight excluding hydrogens is 418 g/mol. The lowest BCUT2D eigenvalue weighted by Crippen LogP contribution is -2.26. The summed E-state index contributed by atoms with van der Waals surface area (Å²) in [5, 5.41) is 7.56. The summed E-state index contributed by atoms with van der Waals surface area (Å²) in [6, 6.07) is 13.8. The average Bonchev–Trinajstić information content (AvgIpc) is 2.59. The number of anilines is 1. The molecule has 1 amide bonds. The third-order valence-corrected chi connectivity index (χ3v) is 4.95. The normalized spacial score (nSPS) is 10.6. The van der Waals surface area contributed by atoms with Crippen LogP contribution in [0.4, 0.5) is 5.69 Å². The number of aromatic nitrogens is 2. The van der Waals surface area contributed by atoms with E-state index in [1.807, 2.05) is 19.1 Å². The van der Waals surface area contributed by atoms with Crippen LogP contribution in [0.5, 0.6) is 0 Å². The number of amides is 1. The summed E-state index contributed by atoms with van der Waals surface area (Å²) in [7, 11) is 0. The molecular formula is C19H15BrClN3O2. The largest absolute Gasteiger partial charge is 0.320 e. The lowest BCUT2D eigenvalue weighted by molar-refractivity contribution is 0.101. The maximum atomic E-state index is 12.6. The van der Waals surface area contributed by atoms with Gasteiger partial charge in [0.05, 0.1) is 5.69 Å². The minimum atomic E-state index is -0.556. The maximum Gasteiger partial charge on any atom is 0.280 e. The van der Waals surface area contributed by atoms with E-state index in [-0.39, 0.29) is 5.69 Å². The molecule has 26 heavy (non-hydrogen) atoms. The number of carbonyl (C=O) groups excluding carboxylic acids is 1. The van der Waals surface area contributed by atoms with Crippen molar-refractivity contribution in [3.63, 3.8) is 0 Å². The Morgan fingerprint density at radius 2 is 1.81 bits per heavy atom. The van der Waals surface area contributed by atoms with Crippen LogP contribution in [-0.4, -0.2) is 15.7 Å². The fourth-order valence-corrected chi connectivity index (χ4v) is 2.83. The van der Waals surface area contributed by atoms with Crippen molar-refractivity contribution in [1.29, 1.82) is 0 Å². The van der Waals surface area contributed by atoms with Crippen LogP contribution in [0.1, 0.15) is 21.7 Å². The number of hydrogen-bond acceptors (Lipinski definition) is 3. The van der Waals surface area contributed by atoms with Crippen LogP contribution in [0.15, 0.2) is 57.8 Å². The van der Waals surface area contributed by atoms with Crippen molar-refractivity contribution in [2.75, 3.05) is 5.32 Å². The second kappa shape index (κ2) is 7.43. The number of aryl methyl sites for hydroxylation is 2. The first-order valence-electron chi connectivity index (χ1n) is 7.79. The third-order valence-electron chi connectivity index (χ3n) is 3.81. The Hall–Kier alpha value is -2.44. The predicted molar refractivity (Wildman–Crippen MR) is 106 cm³/mol. The van der Waals surface area contributed by atoms with Crippen molar-refractivity contribution in [1.82, 2.24) is 9.78 Å². The van der Waals surface area contributed by atoms with Gasteiger partial charge in [-0.3, -0.25) is 9.59 Å². The quantitative estimate of drug-likeness (QED) is 0.662. The van der Waals surface area contributed by atoms with Crippen molar-refractivity contribution >= 4 is 39.1 Å². The first kappa shape index (κ1) is 18.4. The summed E-state index contributed by atoms with van der Waals surface area (Å²) in [4.78, 5) is 24.8. The molecule has 3 aromatic rings. The van der Waals surface area contributed by atoms with Gasteiger partial charge in [0.15, 0.2) is 5.69 Å². The van der Waals surface area contributed by atoms with E-state index in [1.54, 1.807) is 41.9 Å². The molecule has 1 heterocycles. The van der Waals surface area contributed by atoms with E-state index in [4.69, 9.17) is 11.6 Å². The van der Waals surface area contributed by atoms with Crippen LogP contribution in [0.3, 0.4) is 0 Å². The van der Waals surface area contributed by atoms with Crippen LogP contribution in [0, 0.1) is 13.8 Å². The fourth-order valence-electron chi connectivity index (χ4n) is 2.46. The molecule has 1 N–H and O–H groups in total. The summed E-state index contributed by atoms with van der Waals surface area (Å²) in [6.45, 7) is 3.67. The molecule has 0 aliphatic carbocycles. The number of carbonyl (C=O) groups is 1. The molecule has 1 aromatic heterocycles. The van der Waals surface area contributed by atoms with E-state index in [1.165, 1.54) is 6.07 Å². The summed E-state index contributed by atoms with van der Waals surface area (Å²) in [6.07, 6.45) is 0. The highest BCUT2D eigenvalue weighted by Crippen LogP contribution is 2.20. The second-order valence-electron chi connectivity index (χ2n) is 5.80. The molecule has 0 fully saturated rings. The van der Waals surface area contributed by atoms with Crippen molar-refractivity contribution < 1.29 is 4.79 Å². The number of nitrogens with one attached hydrogen (secondary N) is 1. The van der Waals surface area contributed by atoms with E-state index >= 15 is 0 Å². The van der Waals surface area contributed by atoms with Crippen LogP contribution < -0.4 is 10.7 Å². The molecule has 2 aromatic carbocycles. The van der Waals surface area contributed by atoms with Crippen molar-refractivity contribution in [2.24, 2.45) is 0 Å². The number of benzene rings is 2. The van der Waals surface area contributed by atoms with Crippen LogP contribution >= 0.6 is 27.5 Å². The molecule has 0 radical (unpaired) electrons. The minimum absolute atomic E-state index is 0.175. The predicted octanol–water partition coefficient (Wildman–Crippen LogP) is 4.52. The highest BCUT2D eigenvalue weighted by atomic mass is 79.9. The zero-order chi connectivity index (χ0) is 18.8. The number of hydrogen-bond donors (Lipinski definition) is 1. The molecule has 0 spiro atoms. The molecule has 0 saturated carbocycles. The first-order chi connectivity index (χ1) is 12.3. The van der Waals surface area contributed by atoms with Gasteiger partial charge in [0.1, 0.15) is 0 Å². The van der Waals surface area contributed by atoms with E-state index in [9.17, 15) is 9.59 Å². The highest BCUT2D eigenvalue weighted by Gasteiger charge is 2.16. The molecule has 0 atom stereocenters. The Balaban J connectivity index is 1.97. The number of nitrogens with zero attached hydrogens (tertiary/aromatic N) is 2. The molecule has 0 saturated heterocycles. The number of rotatable bonds is 3. The van der Waals surface area contributed by atoms with Crippen molar-refractivity contribution in [2.45, 2.75) is 13.8 Å². The standard InChI is InChI=1S/C19H15BrClN3O2/c1-11-9-14(5-8-16(11)20)22-19(26)18-17(25)10-12(2)24(23-18)15-6-3-13(21)4-7-15/h3-10H,1-2H3,(H,22,26). The molecule has 3 rings (SSSR count). The van der Waals surface area contributed by atoms with Crippen LogP contribution in [0.2, 0.25) is 5.02 Å². The van der Waals surface area contributed by atoms with Crippen molar-refractivity contribution in [3.8, 4) is 5.69 Å². The fraction of sp³-hybridized carbons (Fsp3) is 0.105. The average molecular weight is 433 g/mol. The SMILES string of the molecule is Cc1cc(NC(=O)c2nn(-c3ccc(Cl)cc3)c(C)cc2=O)ccc1Br. The van der Waals surface area contributed by atoms with Gasteiger partial charge in [0.25, 0.3) is 5.91 Å². The van der Waals surface area contributed by atoms with Gasteiger partial charge in [-0.05, 0) is 61.9 Å². The lowest BCUT2D eigenvalue weighted by atomic mass is 10.2. The Labute approximate surface area is 163 Å². The highest BCUT2D eigenvalue weighted by molar-refractivity contribution is 9.10. The second-order valence-corrected chi connectivity index (χ2v) is 7.10. The van der Waals surface area contributed by atoms with Gasteiger partial charge < -0.3 is 5.32 Å². The summed E-state index contributed by atoms with van der Waals surface area (Å²) < 4.78 is 2.48. The Morgan fingerprint density at radius 1 is 1.12 bits per heavy atom. The van der Waals surface area contributed by atoms with Gasteiger partial charge >= 0.3 is 0 Å². The van der Waals surface area contributed by atoms with Gasteiger partial charge in [-0.2, -0.15) is 5.10 Å². The van der Waals surface area contributed by atoms with Crippen LogP contribution in [0.25, 0.3) is 5.69 Å². The molecule has 0 aliphatic rings. The molecule has 0 unspecified atom stereocenters. The topological polar surface area (TPSA) is 64.0 Å². The molecule has 0 bridgehead atoms. The summed E-state index contributed by atoms with van der Waals surface area (Å²) in [5.41, 5.74) is 2.28. The molecule has 7 heteroatoms. The number of halogens is 2. The molecule has 5 nitrogen and oxygen atoms in total. The zero-order valence-corrected chi connectivity index (χ0v) is 16.4. The van der Waals surface area contributed by atoms with E-state index < -0.39 is 11.3 Å². The molecule has 132 valence electrons. The van der Waals surface area contributed by atoms with Gasteiger partial charge in [0, 0.05) is 26.9 Å². The van der Waals surface area contributed by atoms with E-state index in [2.05, 4.69) is 26.3 Å². The monoisotopic (exact) mass is 431 g/mol. The molecule has 0 aliphatic heterocycles. The Bertz CT molecular complexity index is 1050. The van der Waals surface area contributed by atoms with Gasteiger partial charge in [-0.25, -0.2) is 4.68 Å². The lowest BCUT2D eigenvalue weighted by Gasteiger charge is -2.12. The zero-order valence-electron chi connectivity index (χ0n) is 14.1. The summed E-state index contributed by atoms with van der Waals surface area (Å²) >= 11 is 9.33. The Kier molecular flexibility index (Phi) is 5.25. The van der Waals surface area contributed by atoms with Crippen LogP contribution in [-0.2, 0) is 0 Å². The maximum absolute atomic E-state index is 12.6. The third kappa shape index (κ3) is 3.86.